The molecule has 1 atom stereocenters. The largest absolute Gasteiger partial charge is 0.493 e. The summed E-state index contributed by atoms with van der Waals surface area (Å²) in [5.41, 5.74) is -0.0886. The number of halogens is 3. The van der Waals surface area contributed by atoms with Gasteiger partial charge in [0, 0.05) is 11.6 Å². The highest BCUT2D eigenvalue weighted by molar-refractivity contribution is 6.31. The van der Waals surface area contributed by atoms with Gasteiger partial charge in [0.1, 0.15) is 6.10 Å². The molecule has 3 nitrogen and oxygen atoms in total. The fourth-order valence-electron chi connectivity index (χ4n) is 1.23. The summed E-state index contributed by atoms with van der Waals surface area (Å²) in [7, 11) is 2.77. The van der Waals surface area contributed by atoms with Gasteiger partial charge in [0.25, 0.3) is 6.43 Å². The smallest absolute Gasteiger partial charge is 0.268 e. The normalized spacial score (nSPS) is 12.7. The molecule has 0 heterocycles. The van der Waals surface area contributed by atoms with Crippen LogP contribution in [0.25, 0.3) is 0 Å². The van der Waals surface area contributed by atoms with E-state index in [2.05, 4.69) is 0 Å². The topological polar surface area (TPSA) is 38.7 Å². The molecule has 90 valence electrons. The molecule has 0 saturated carbocycles. The first-order valence-corrected chi connectivity index (χ1v) is 4.76. The number of methoxy groups -OCH3 is 2. The molecule has 1 aromatic carbocycles. The van der Waals surface area contributed by atoms with E-state index in [1.54, 1.807) is 0 Å². The second-order valence-corrected chi connectivity index (χ2v) is 3.42. The molecule has 0 radical (unpaired) electrons. The van der Waals surface area contributed by atoms with Crippen molar-refractivity contribution in [1.82, 2.24) is 0 Å². The Balaban J connectivity index is 3.21. The number of aliphatic hydroxyl groups is 1. The van der Waals surface area contributed by atoms with Crippen LogP contribution < -0.4 is 9.47 Å². The van der Waals surface area contributed by atoms with Crippen LogP contribution in [0.1, 0.15) is 11.7 Å². The highest BCUT2D eigenvalue weighted by Crippen LogP contribution is 2.37. The van der Waals surface area contributed by atoms with Crippen molar-refractivity contribution in [3.8, 4) is 11.5 Å². The SMILES string of the molecule is COc1cc(Cl)c(C(O)C(F)F)cc1OC. The number of hydrogen-bond acceptors (Lipinski definition) is 3. The Labute approximate surface area is 96.5 Å². The van der Waals surface area contributed by atoms with Gasteiger partial charge in [-0.3, -0.25) is 0 Å². The molecule has 0 bridgehead atoms. The number of benzene rings is 1. The Morgan fingerprint density at radius 2 is 1.69 bits per heavy atom. The lowest BCUT2D eigenvalue weighted by atomic mass is 10.1. The number of ether oxygens (including phenoxy) is 2. The van der Waals surface area contributed by atoms with E-state index in [0.29, 0.717) is 5.75 Å². The van der Waals surface area contributed by atoms with Gasteiger partial charge < -0.3 is 14.6 Å². The van der Waals surface area contributed by atoms with Crippen LogP contribution in [-0.2, 0) is 0 Å². The van der Waals surface area contributed by atoms with E-state index in [0.717, 1.165) is 0 Å². The van der Waals surface area contributed by atoms with Crippen LogP contribution in [0.3, 0.4) is 0 Å². The average molecular weight is 253 g/mol. The van der Waals surface area contributed by atoms with Crippen LogP contribution in [-0.4, -0.2) is 25.8 Å². The minimum atomic E-state index is -2.91. The monoisotopic (exact) mass is 252 g/mol. The molecule has 1 rings (SSSR count). The first kappa shape index (κ1) is 13.0. The van der Waals surface area contributed by atoms with E-state index in [9.17, 15) is 13.9 Å². The van der Waals surface area contributed by atoms with E-state index in [1.807, 2.05) is 0 Å². The second-order valence-electron chi connectivity index (χ2n) is 3.01. The number of hydrogen-bond donors (Lipinski definition) is 1. The lowest BCUT2D eigenvalue weighted by Crippen LogP contribution is -2.09. The molecule has 1 aromatic rings. The van der Waals surface area contributed by atoms with E-state index in [4.69, 9.17) is 21.1 Å². The van der Waals surface area contributed by atoms with Crippen molar-refractivity contribution in [2.24, 2.45) is 0 Å². The average Bonchev–Trinajstić information content (AvgIpc) is 2.27. The summed E-state index contributed by atoms with van der Waals surface area (Å²) in [5.74, 6) is 0.555. The van der Waals surface area contributed by atoms with Crippen molar-refractivity contribution in [1.29, 1.82) is 0 Å². The third-order valence-electron chi connectivity index (χ3n) is 2.06. The number of alkyl halides is 2. The molecular formula is C10H11ClF2O3. The molecule has 6 heteroatoms. The lowest BCUT2D eigenvalue weighted by molar-refractivity contribution is -0.00584. The Morgan fingerprint density at radius 3 is 2.12 bits per heavy atom. The molecule has 0 aromatic heterocycles. The van der Waals surface area contributed by atoms with E-state index in [1.165, 1.54) is 26.4 Å². The maximum atomic E-state index is 12.3. The quantitative estimate of drug-likeness (QED) is 0.895. The number of rotatable bonds is 4. The highest BCUT2D eigenvalue weighted by atomic mass is 35.5. The fraction of sp³-hybridized carbons (Fsp3) is 0.400. The van der Waals surface area contributed by atoms with Gasteiger partial charge in [0.05, 0.1) is 19.2 Å². The van der Waals surface area contributed by atoms with Gasteiger partial charge >= 0.3 is 0 Å². The van der Waals surface area contributed by atoms with Crippen molar-refractivity contribution in [3.63, 3.8) is 0 Å². The Hall–Kier alpha value is -1.07. The summed E-state index contributed by atoms with van der Waals surface area (Å²) in [4.78, 5) is 0. The van der Waals surface area contributed by atoms with Gasteiger partial charge in [-0.15, -0.1) is 0 Å². The van der Waals surface area contributed by atoms with Crippen molar-refractivity contribution in [3.05, 3.63) is 22.7 Å². The summed E-state index contributed by atoms with van der Waals surface area (Å²) in [6.45, 7) is 0. The van der Waals surface area contributed by atoms with Crippen LogP contribution in [0.15, 0.2) is 12.1 Å². The zero-order chi connectivity index (χ0) is 12.3. The highest BCUT2D eigenvalue weighted by Gasteiger charge is 2.23. The van der Waals surface area contributed by atoms with Crippen molar-refractivity contribution >= 4 is 11.6 Å². The van der Waals surface area contributed by atoms with E-state index in [-0.39, 0.29) is 16.3 Å². The summed E-state index contributed by atoms with van der Waals surface area (Å²) in [5, 5.41) is 9.24. The van der Waals surface area contributed by atoms with Crippen LogP contribution in [0.2, 0.25) is 5.02 Å². The molecule has 0 amide bonds. The molecule has 16 heavy (non-hydrogen) atoms. The molecule has 0 aliphatic heterocycles. The molecule has 0 aliphatic rings. The fourth-order valence-corrected chi connectivity index (χ4v) is 1.50. The van der Waals surface area contributed by atoms with Crippen LogP contribution in [0, 0.1) is 0 Å². The Kier molecular flexibility index (Phi) is 4.32. The Bertz CT molecular complexity index is 371. The predicted molar refractivity (Wildman–Crippen MR) is 55.5 cm³/mol. The summed E-state index contributed by atoms with van der Waals surface area (Å²) in [6, 6.07) is 2.55. The molecule has 1 N–H and O–H groups in total. The Morgan fingerprint density at radius 1 is 1.19 bits per heavy atom. The summed E-state index contributed by atoms with van der Waals surface area (Å²) in [6.07, 6.45) is -4.84. The zero-order valence-electron chi connectivity index (χ0n) is 8.71. The zero-order valence-corrected chi connectivity index (χ0v) is 9.46. The first-order chi connectivity index (χ1) is 7.51. The minimum absolute atomic E-state index is 0.00505. The summed E-state index contributed by atoms with van der Waals surface area (Å²) >= 11 is 5.75. The maximum Gasteiger partial charge on any atom is 0.268 e. The first-order valence-electron chi connectivity index (χ1n) is 4.39. The van der Waals surface area contributed by atoms with Gasteiger partial charge in [-0.1, -0.05) is 11.6 Å². The van der Waals surface area contributed by atoms with Crippen molar-refractivity contribution in [2.45, 2.75) is 12.5 Å². The molecule has 0 aliphatic carbocycles. The lowest BCUT2D eigenvalue weighted by Gasteiger charge is -2.15. The molecular weight excluding hydrogens is 242 g/mol. The van der Waals surface area contributed by atoms with Crippen LogP contribution in [0.4, 0.5) is 8.78 Å². The van der Waals surface area contributed by atoms with Gasteiger partial charge in [0.15, 0.2) is 11.5 Å². The van der Waals surface area contributed by atoms with Gasteiger partial charge in [-0.05, 0) is 6.07 Å². The second kappa shape index (κ2) is 5.32. The van der Waals surface area contributed by atoms with Crippen molar-refractivity contribution < 1.29 is 23.4 Å². The van der Waals surface area contributed by atoms with Gasteiger partial charge in [-0.25, -0.2) is 8.78 Å². The van der Waals surface area contributed by atoms with E-state index >= 15 is 0 Å². The van der Waals surface area contributed by atoms with Gasteiger partial charge in [-0.2, -0.15) is 0 Å². The maximum absolute atomic E-state index is 12.3. The molecule has 0 saturated heterocycles. The van der Waals surface area contributed by atoms with Crippen LogP contribution >= 0.6 is 11.6 Å². The molecule has 0 spiro atoms. The van der Waals surface area contributed by atoms with Gasteiger partial charge in [0.2, 0.25) is 0 Å². The minimum Gasteiger partial charge on any atom is -0.493 e. The third-order valence-corrected chi connectivity index (χ3v) is 2.39. The van der Waals surface area contributed by atoms with Crippen molar-refractivity contribution in [2.75, 3.05) is 14.2 Å². The third kappa shape index (κ3) is 2.54. The van der Waals surface area contributed by atoms with E-state index < -0.39 is 12.5 Å². The molecule has 0 fully saturated rings. The predicted octanol–water partition coefficient (Wildman–Crippen LogP) is 2.66. The summed E-state index contributed by atoms with van der Waals surface area (Å²) < 4.78 is 34.5. The standard InChI is InChI=1S/C10H11ClF2O3/c1-15-7-3-5(9(14)10(12)13)6(11)4-8(7)16-2/h3-4,9-10,14H,1-2H3. The van der Waals surface area contributed by atoms with Crippen LogP contribution in [0.5, 0.6) is 11.5 Å². The number of aliphatic hydroxyl groups excluding tert-OH is 1. The molecule has 1 unspecified atom stereocenters.